The first-order chi connectivity index (χ1) is 8.54. The van der Waals surface area contributed by atoms with Gasteiger partial charge in [-0.25, -0.2) is 13.6 Å². The molecule has 0 fully saturated rings. The third-order valence-electron chi connectivity index (χ3n) is 2.84. The predicted molar refractivity (Wildman–Crippen MR) is 64.0 cm³/mol. The first kappa shape index (κ1) is 14.4. The van der Waals surface area contributed by atoms with Crippen molar-refractivity contribution >= 4 is 6.09 Å². The smallest absolute Gasteiger partial charge is 0.405 e. The van der Waals surface area contributed by atoms with E-state index in [4.69, 9.17) is 10.8 Å². The van der Waals surface area contributed by atoms with Crippen LogP contribution in [-0.4, -0.2) is 36.1 Å². The SMILES string of the molecule is NC(Cc1ccccc1)C(CF)(CF)NC(=O)O. The largest absolute Gasteiger partial charge is 0.465 e. The lowest BCUT2D eigenvalue weighted by atomic mass is 9.88. The third kappa shape index (κ3) is 3.40. The molecule has 0 spiro atoms. The summed E-state index contributed by atoms with van der Waals surface area (Å²) < 4.78 is 26.0. The van der Waals surface area contributed by atoms with Crippen molar-refractivity contribution in [3.05, 3.63) is 35.9 Å². The van der Waals surface area contributed by atoms with Gasteiger partial charge in [0.1, 0.15) is 18.9 Å². The summed E-state index contributed by atoms with van der Waals surface area (Å²) in [5.74, 6) is 0. The summed E-state index contributed by atoms with van der Waals surface area (Å²) in [5, 5.41) is 10.5. The molecule has 1 rings (SSSR count). The van der Waals surface area contributed by atoms with Crippen LogP contribution in [0, 0.1) is 0 Å². The minimum Gasteiger partial charge on any atom is -0.465 e. The highest BCUT2D eigenvalue weighted by Gasteiger charge is 2.39. The molecule has 0 aliphatic carbocycles. The van der Waals surface area contributed by atoms with Gasteiger partial charge in [-0.05, 0) is 12.0 Å². The number of nitrogens with one attached hydrogen (secondary N) is 1. The fraction of sp³-hybridized carbons (Fsp3) is 0.417. The Morgan fingerprint density at radius 1 is 1.33 bits per heavy atom. The highest BCUT2D eigenvalue weighted by Crippen LogP contribution is 2.16. The van der Waals surface area contributed by atoms with Gasteiger partial charge in [0.15, 0.2) is 0 Å². The van der Waals surface area contributed by atoms with E-state index >= 15 is 0 Å². The van der Waals surface area contributed by atoms with Gasteiger partial charge in [0.25, 0.3) is 0 Å². The average molecular weight is 258 g/mol. The highest BCUT2D eigenvalue weighted by molar-refractivity contribution is 5.66. The number of carboxylic acid groups (broad SMARTS) is 1. The van der Waals surface area contributed by atoms with Gasteiger partial charge in [-0.15, -0.1) is 0 Å². The number of carbonyl (C=O) groups is 1. The number of hydrogen-bond donors (Lipinski definition) is 3. The predicted octanol–water partition coefficient (Wildman–Crippen LogP) is 1.50. The van der Waals surface area contributed by atoms with Crippen LogP contribution in [0.2, 0.25) is 0 Å². The zero-order valence-corrected chi connectivity index (χ0v) is 9.77. The lowest BCUT2D eigenvalue weighted by Gasteiger charge is -2.33. The molecule has 1 unspecified atom stereocenters. The number of halogens is 2. The van der Waals surface area contributed by atoms with Gasteiger partial charge in [-0.1, -0.05) is 30.3 Å². The lowest BCUT2D eigenvalue weighted by molar-refractivity contribution is 0.133. The van der Waals surface area contributed by atoms with Gasteiger partial charge in [-0.2, -0.15) is 0 Å². The number of benzene rings is 1. The Kier molecular flexibility index (Phi) is 5.03. The van der Waals surface area contributed by atoms with E-state index in [9.17, 15) is 13.6 Å². The summed E-state index contributed by atoms with van der Waals surface area (Å²) in [7, 11) is 0. The van der Waals surface area contributed by atoms with Gasteiger partial charge in [0.2, 0.25) is 0 Å². The molecule has 1 amide bonds. The van der Waals surface area contributed by atoms with Gasteiger partial charge in [-0.3, -0.25) is 0 Å². The maximum absolute atomic E-state index is 13.0. The van der Waals surface area contributed by atoms with E-state index < -0.39 is 31.0 Å². The summed E-state index contributed by atoms with van der Waals surface area (Å²) in [6.07, 6.45) is -1.30. The molecule has 0 radical (unpaired) electrons. The minimum absolute atomic E-state index is 0.189. The molecular formula is C12H16F2N2O2. The molecule has 1 aromatic rings. The number of alkyl halides is 2. The van der Waals surface area contributed by atoms with Crippen LogP contribution in [0.25, 0.3) is 0 Å². The topological polar surface area (TPSA) is 75.3 Å². The second-order valence-electron chi connectivity index (χ2n) is 4.15. The van der Waals surface area contributed by atoms with E-state index in [1.165, 1.54) is 0 Å². The van der Waals surface area contributed by atoms with Crippen LogP contribution in [0.5, 0.6) is 0 Å². The fourth-order valence-corrected chi connectivity index (χ4v) is 1.67. The van der Waals surface area contributed by atoms with Gasteiger partial charge < -0.3 is 16.2 Å². The molecule has 6 heteroatoms. The van der Waals surface area contributed by atoms with Crippen molar-refractivity contribution in [3.63, 3.8) is 0 Å². The van der Waals surface area contributed by atoms with E-state index in [-0.39, 0.29) is 6.42 Å². The molecule has 100 valence electrons. The van der Waals surface area contributed by atoms with E-state index in [0.29, 0.717) is 0 Å². The fourth-order valence-electron chi connectivity index (χ4n) is 1.67. The molecule has 0 heterocycles. The van der Waals surface area contributed by atoms with E-state index in [1.807, 2.05) is 11.4 Å². The Hall–Kier alpha value is -1.69. The van der Waals surface area contributed by atoms with Gasteiger partial charge in [0, 0.05) is 6.04 Å². The van der Waals surface area contributed by atoms with Crippen molar-refractivity contribution in [2.24, 2.45) is 5.73 Å². The summed E-state index contributed by atoms with van der Waals surface area (Å²) >= 11 is 0. The van der Waals surface area contributed by atoms with Crippen LogP contribution in [0.15, 0.2) is 30.3 Å². The van der Waals surface area contributed by atoms with Crippen LogP contribution >= 0.6 is 0 Å². The van der Waals surface area contributed by atoms with Crippen molar-refractivity contribution in [2.75, 3.05) is 13.3 Å². The van der Waals surface area contributed by atoms with Crippen LogP contribution in [0.4, 0.5) is 13.6 Å². The van der Waals surface area contributed by atoms with Crippen LogP contribution in [0.1, 0.15) is 5.56 Å². The Bertz CT molecular complexity index is 383. The zero-order valence-electron chi connectivity index (χ0n) is 9.77. The van der Waals surface area contributed by atoms with Crippen molar-refractivity contribution < 1.29 is 18.7 Å². The molecular weight excluding hydrogens is 242 g/mol. The summed E-state index contributed by atoms with van der Waals surface area (Å²) in [6.45, 7) is -2.38. The second kappa shape index (κ2) is 6.30. The molecule has 1 aromatic carbocycles. The molecule has 18 heavy (non-hydrogen) atoms. The molecule has 0 bridgehead atoms. The number of amides is 1. The van der Waals surface area contributed by atoms with Crippen molar-refractivity contribution in [3.8, 4) is 0 Å². The first-order valence-corrected chi connectivity index (χ1v) is 5.46. The van der Waals surface area contributed by atoms with Crippen molar-refractivity contribution in [2.45, 2.75) is 18.0 Å². The monoisotopic (exact) mass is 258 g/mol. The van der Waals surface area contributed by atoms with Crippen molar-refractivity contribution in [1.29, 1.82) is 0 Å². The summed E-state index contributed by atoms with van der Waals surface area (Å²) in [6, 6.07) is 7.91. The Morgan fingerprint density at radius 3 is 2.33 bits per heavy atom. The Balaban J connectivity index is 2.82. The summed E-state index contributed by atoms with van der Waals surface area (Å²) in [5.41, 5.74) is 4.66. The summed E-state index contributed by atoms with van der Waals surface area (Å²) in [4.78, 5) is 10.6. The van der Waals surface area contributed by atoms with Crippen molar-refractivity contribution in [1.82, 2.24) is 5.32 Å². The van der Waals surface area contributed by atoms with E-state index in [0.717, 1.165) is 5.56 Å². The van der Waals surface area contributed by atoms with Crippen LogP contribution in [-0.2, 0) is 6.42 Å². The lowest BCUT2D eigenvalue weighted by Crippen LogP contribution is -2.63. The van der Waals surface area contributed by atoms with Gasteiger partial charge in [0.05, 0.1) is 0 Å². The van der Waals surface area contributed by atoms with Crippen LogP contribution < -0.4 is 11.1 Å². The molecule has 0 aliphatic heterocycles. The standard InChI is InChI=1S/C12H16F2N2O2/c13-7-12(8-14,16-11(17)18)10(15)6-9-4-2-1-3-5-9/h1-5,10,16H,6-8,15H2,(H,17,18). The molecule has 4 nitrogen and oxygen atoms in total. The maximum Gasteiger partial charge on any atom is 0.405 e. The minimum atomic E-state index is -1.89. The molecule has 0 aliphatic rings. The van der Waals surface area contributed by atoms with E-state index in [2.05, 4.69) is 0 Å². The molecule has 0 aromatic heterocycles. The van der Waals surface area contributed by atoms with Gasteiger partial charge >= 0.3 is 6.09 Å². The third-order valence-corrected chi connectivity index (χ3v) is 2.84. The highest BCUT2D eigenvalue weighted by atomic mass is 19.1. The first-order valence-electron chi connectivity index (χ1n) is 5.46. The Morgan fingerprint density at radius 2 is 1.89 bits per heavy atom. The molecule has 4 N–H and O–H groups in total. The number of nitrogens with two attached hydrogens (primary N) is 1. The Labute approximate surface area is 104 Å². The maximum atomic E-state index is 13.0. The second-order valence-corrected chi connectivity index (χ2v) is 4.15. The number of rotatable bonds is 6. The number of hydrogen-bond acceptors (Lipinski definition) is 2. The van der Waals surface area contributed by atoms with Crippen LogP contribution in [0.3, 0.4) is 0 Å². The average Bonchev–Trinajstić information content (AvgIpc) is 2.36. The van der Waals surface area contributed by atoms with E-state index in [1.54, 1.807) is 24.3 Å². The normalized spacial score (nSPS) is 13.1. The molecule has 0 saturated carbocycles. The zero-order chi connectivity index (χ0) is 13.6. The molecule has 0 saturated heterocycles. The molecule has 1 atom stereocenters. The quantitative estimate of drug-likeness (QED) is 0.723.